The zero-order valence-electron chi connectivity index (χ0n) is 13.8. The van der Waals surface area contributed by atoms with E-state index in [4.69, 9.17) is 0 Å². The number of piperazine rings is 1. The predicted octanol–water partition coefficient (Wildman–Crippen LogP) is -0.407. The molecule has 0 unspecified atom stereocenters. The van der Waals surface area contributed by atoms with E-state index < -0.39 is 15.5 Å². The van der Waals surface area contributed by atoms with Gasteiger partial charge < -0.3 is 14.9 Å². The zero-order chi connectivity index (χ0) is 17.5. The fourth-order valence-electron chi connectivity index (χ4n) is 3.41. The minimum Gasteiger partial charge on any atom is -0.330 e. The third kappa shape index (κ3) is 3.32. The molecule has 2 aliphatic rings. The summed E-state index contributed by atoms with van der Waals surface area (Å²) in [6.07, 6.45) is 3.40. The van der Waals surface area contributed by atoms with Gasteiger partial charge in [-0.2, -0.15) is 0 Å². The lowest BCUT2D eigenvalue weighted by Crippen LogP contribution is -2.60. The zero-order valence-corrected chi connectivity index (χ0v) is 14.6. The highest BCUT2D eigenvalue weighted by molar-refractivity contribution is 7.91. The number of aromatic nitrogens is 2. The molecule has 8 nitrogen and oxygen atoms in total. The average Bonchev–Trinajstić information content (AvgIpc) is 3.06. The minimum atomic E-state index is -3.18. The number of imidazole rings is 1. The van der Waals surface area contributed by atoms with Gasteiger partial charge in [-0.05, 0) is 13.8 Å². The number of carbonyl (C=O) groups excluding carboxylic acids is 1. The van der Waals surface area contributed by atoms with Crippen molar-refractivity contribution < 1.29 is 13.2 Å². The molecule has 1 aromatic rings. The molecule has 24 heavy (non-hydrogen) atoms. The Morgan fingerprint density at radius 2 is 2.00 bits per heavy atom. The molecule has 3 rings (SSSR count). The summed E-state index contributed by atoms with van der Waals surface area (Å²) < 4.78 is 24.3. The van der Waals surface area contributed by atoms with Crippen molar-refractivity contribution in [2.24, 2.45) is 0 Å². The van der Waals surface area contributed by atoms with Crippen LogP contribution >= 0.6 is 0 Å². The van der Waals surface area contributed by atoms with E-state index in [9.17, 15) is 18.0 Å². The van der Waals surface area contributed by atoms with Crippen molar-refractivity contribution in [1.29, 1.82) is 0 Å². The first-order chi connectivity index (χ1) is 11.3. The molecule has 0 aromatic carbocycles. The summed E-state index contributed by atoms with van der Waals surface area (Å²) in [4.78, 5) is 32.4. The Labute approximate surface area is 140 Å². The van der Waals surface area contributed by atoms with E-state index in [2.05, 4.69) is 20.9 Å². The van der Waals surface area contributed by atoms with Gasteiger partial charge in [0.2, 0.25) is 0 Å². The third-order valence-electron chi connectivity index (χ3n) is 4.61. The molecule has 2 fully saturated rings. The number of nitrogens with zero attached hydrogens (tertiary/aromatic N) is 2. The molecule has 0 spiro atoms. The molecule has 9 heteroatoms. The quantitative estimate of drug-likeness (QED) is 0.718. The number of allylic oxidation sites excluding steroid dienone is 1. The summed E-state index contributed by atoms with van der Waals surface area (Å²) in [6.45, 7) is 5.75. The van der Waals surface area contributed by atoms with Crippen LogP contribution < -0.4 is 5.69 Å². The Balaban J connectivity index is 1.85. The van der Waals surface area contributed by atoms with Crippen LogP contribution in [-0.2, 0) is 9.84 Å². The van der Waals surface area contributed by atoms with E-state index in [0.29, 0.717) is 19.6 Å². The molecule has 3 heterocycles. The number of nitrogens with one attached hydrogen (secondary N) is 2. The van der Waals surface area contributed by atoms with Crippen LogP contribution in [0.1, 0.15) is 24.3 Å². The van der Waals surface area contributed by atoms with Crippen molar-refractivity contribution in [3.05, 3.63) is 34.0 Å². The monoisotopic (exact) mass is 354 g/mol. The van der Waals surface area contributed by atoms with Gasteiger partial charge >= 0.3 is 5.69 Å². The van der Waals surface area contributed by atoms with Crippen LogP contribution in [0.25, 0.3) is 0 Å². The van der Waals surface area contributed by atoms with Crippen molar-refractivity contribution in [1.82, 2.24) is 19.8 Å². The molecule has 2 atom stereocenters. The van der Waals surface area contributed by atoms with Crippen LogP contribution in [0.4, 0.5) is 0 Å². The maximum atomic E-state index is 12.7. The molecule has 0 bridgehead atoms. The largest absolute Gasteiger partial charge is 0.330 e. The molecule has 132 valence electrons. The molecule has 1 aromatic heterocycles. The SMILES string of the molecule is CC(C)=CCN1CCN(C(=O)c2c[nH]c(=O)[nH]2)[C@@H]2CS(=O)(=O)C[C@@H]21. The third-order valence-corrected chi connectivity index (χ3v) is 6.31. The van der Waals surface area contributed by atoms with Crippen molar-refractivity contribution in [2.45, 2.75) is 25.9 Å². The van der Waals surface area contributed by atoms with Gasteiger partial charge in [0, 0.05) is 31.9 Å². The highest BCUT2D eigenvalue weighted by atomic mass is 32.2. The normalized spacial score (nSPS) is 26.2. The number of carbonyl (C=O) groups is 1. The van der Waals surface area contributed by atoms with Gasteiger partial charge in [-0.1, -0.05) is 11.6 Å². The van der Waals surface area contributed by atoms with E-state index in [1.54, 1.807) is 4.90 Å². The lowest BCUT2D eigenvalue weighted by molar-refractivity contribution is 0.0363. The van der Waals surface area contributed by atoms with Gasteiger partial charge in [0.05, 0.1) is 17.5 Å². The van der Waals surface area contributed by atoms with Crippen LogP contribution in [0.15, 0.2) is 22.6 Å². The van der Waals surface area contributed by atoms with E-state index in [1.165, 1.54) is 11.8 Å². The van der Waals surface area contributed by atoms with Crippen LogP contribution in [-0.4, -0.2) is 77.3 Å². The molecule has 0 saturated carbocycles. The molecule has 2 aliphatic heterocycles. The second-order valence-corrected chi connectivity index (χ2v) is 8.80. The van der Waals surface area contributed by atoms with Gasteiger partial charge in [-0.25, -0.2) is 13.2 Å². The fraction of sp³-hybridized carbons (Fsp3) is 0.600. The van der Waals surface area contributed by atoms with Crippen LogP contribution in [0, 0.1) is 0 Å². The van der Waals surface area contributed by atoms with Crippen molar-refractivity contribution >= 4 is 15.7 Å². The summed E-state index contributed by atoms with van der Waals surface area (Å²) in [6, 6.07) is -0.575. The van der Waals surface area contributed by atoms with E-state index in [-0.39, 0.29) is 35.2 Å². The van der Waals surface area contributed by atoms with E-state index in [1.807, 2.05) is 13.8 Å². The highest BCUT2D eigenvalue weighted by Gasteiger charge is 2.48. The van der Waals surface area contributed by atoms with Crippen LogP contribution in [0.3, 0.4) is 0 Å². The first-order valence-electron chi connectivity index (χ1n) is 7.93. The molecular weight excluding hydrogens is 332 g/mol. The second kappa shape index (κ2) is 6.21. The number of H-pyrrole nitrogens is 2. The summed E-state index contributed by atoms with van der Waals surface area (Å²) in [7, 11) is -3.18. The van der Waals surface area contributed by atoms with Crippen molar-refractivity contribution in [2.75, 3.05) is 31.1 Å². The summed E-state index contributed by atoms with van der Waals surface area (Å²) in [5.74, 6) is -0.284. The van der Waals surface area contributed by atoms with E-state index in [0.717, 1.165) is 0 Å². The highest BCUT2D eigenvalue weighted by Crippen LogP contribution is 2.27. The van der Waals surface area contributed by atoms with Gasteiger partial charge in [0.25, 0.3) is 5.91 Å². The standard InChI is InChI=1S/C15H22N4O4S/c1-10(2)3-4-18-5-6-19(13-9-24(22,23)8-12(13)18)14(20)11-7-16-15(21)17-11/h3,7,12-13H,4-6,8-9H2,1-2H3,(H2,16,17,21)/t12-,13+/m0/s1. The Morgan fingerprint density at radius 3 is 2.62 bits per heavy atom. The lowest BCUT2D eigenvalue weighted by atomic mass is 10.0. The molecular formula is C15H22N4O4S. The number of fused-ring (bicyclic) bond motifs is 1. The Bertz CT molecular complexity index is 819. The number of amides is 1. The van der Waals surface area contributed by atoms with Crippen LogP contribution in [0.2, 0.25) is 0 Å². The Hall–Kier alpha value is -1.87. The van der Waals surface area contributed by atoms with Gasteiger partial charge in [-0.15, -0.1) is 0 Å². The molecule has 0 aliphatic carbocycles. The first kappa shape index (κ1) is 17.0. The second-order valence-electron chi connectivity index (χ2n) is 6.64. The van der Waals surface area contributed by atoms with E-state index >= 15 is 0 Å². The fourth-order valence-corrected chi connectivity index (χ4v) is 5.42. The summed E-state index contributed by atoms with van der Waals surface area (Å²) >= 11 is 0. The number of hydrogen-bond acceptors (Lipinski definition) is 5. The van der Waals surface area contributed by atoms with Crippen LogP contribution in [0.5, 0.6) is 0 Å². The summed E-state index contributed by atoms with van der Waals surface area (Å²) in [5, 5.41) is 0. The maximum absolute atomic E-state index is 12.7. The van der Waals surface area contributed by atoms with Gasteiger partial charge in [-0.3, -0.25) is 9.69 Å². The molecule has 0 radical (unpaired) electrons. The molecule has 2 N–H and O–H groups in total. The number of rotatable bonds is 3. The number of aromatic amines is 2. The topological polar surface area (TPSA) is 106 Å². The van der Waals surface area contributed by atoms with Crippen molar-refractivity contribution in [3.8, 4) is 0 Å². The smallest absolute Gasteiger partial charge is 0.323 e. The van der Waals surface area contributed by atoms with Crippen molar-refractivity contribution in [3.63, 3.8) is 0 Å². The minimum absolute atomic E-state index is 0.0244. The Kier molecular flexibility index (Phi) is 4.39. The maximum Gasteiger partial charge on any atom is 0.323 e. The number of hydrogen-bond donors (Lipinski definition) is 2. The molecule has 2 saturated heterocycles. The predicted molar refractivity (Wildman–Crippen MR) is 89.7 cm³/mol. The van der Waals surface area contributed by atoms with Gasteiger partial charge in [0.15, 0.2) is 9.84 Å². The number of sulfone groups is 1. The lowest BCUT2D eigenvalue weighted by Gasteiger charge is -2.43. The summed E-state index contributed by atoms with van der Waals surface area (Å²) in [5.41, 5.74) is 0.896. The van der Waals surface area contributed by atoms with Gasteiger partial charge in [0.1, 0.15) is 5.69 Å². The molecule has 1 amide bonds. The first-order valence-corrected chi connectivity index (χ1v) is 9.75. The average molecular weight is 354 g/mol. The Morgan fingerprint density at radius 1 is 1.29 bits per heavy atom.